The summed E-state index contributed by atoms with van der Waals surface area (Å²) in [4.78, 5) is 16.7. The fourth-order valence-electron chi connectivity index (χ4n) is 1.82. The summed E-state index contributed by atoms with van der Waals surface area (Å²) in [6.45, 7) is 0.752. The van der Waals surface area contributed by atoms with Crippen molar-refractivity contribution in [2.75, 3.05) is 18.9 Å². The van der Waals surface area contributed by atoms with E-state index in [1.54, 1.807) is 31.2 Å². The maximum atomic E-state index is 12.3. The van der Waals surface area contributed by atoms with Gasteiger partial charge in [-0.3, -0.25) is 0 Å². The van der Waals surface area contributed by atoms with Gasteiger partial charge in [0.05, 0.1) is 6.54 Å². The molecule has 0 bridgehead atoms. The Hall–Kier alpha value is -2.62. The number of nitrogens with one attached hydrogen (secondary N) is 1. The van der Waals surface area contributed by atoms with E-state index in [0.717, 1.165) is 11.9 Å². The molecule has 2 aromatic rings. The molecule has 1 heterocycles. The van der Waals surface area contributed by atoms with Gasteiger partial charge in [-0.25, -0.2) is 4.79 Å². The second-order valence-corrected chi connectivity index (χ2v) is 5.09. The summed E-state index contributed by atoms with van der Waals surface area (Å²) in [6.07, 6.45) is -7.40. The summed E-state index contributed by atoms with van der Waals surface area (Å²) in [6, 6.07) is 5.64. The molecule has 2 N–H and O–H groups in total. The molecule has 7 nitrogen and oxygen atoms in total. The van der Waals surface area contributed by atoms with Crippen LogP contribution in [0.15, 0.2) is 28.8 Å². The molecule has 130 valence electrons. The SMILES string of the molecule is Cc1nc(-c2cccc(NC(=O)N(C)CC(O)C(F)(F)F)c2)no1. The zero-order valence-electron chi connectivity index (χ0n) is 12.8. The number of aromatic nitrogens is 2. The number of carbonyl (C=O) groups excluding carboxylic acids is 1. The van der Waals surface area contributed by atoms with Crippen molar-refractivity contribution < 1.29 is 27.6 Å². The predicted molar refractivity (Wildman–Crippen MR) is 78.2 cm³/mol. The molecule has 0 saturated heterocycles. The van der Waals surface area contributed by atoms with Gasteiger partial charge < -0.3 is 19.8 Å². The van der Waals surface area contributed by atoms with Crippen molar-refractivity contribution in [1.82, 2.24) is 15.0 Å². The Morgan fingerprint density at radius 3 is 2.75 bits per heavy atom. The van der Waals surface area contributed by atoms with Gasteiger partial charge in [0, 0.05) is 25.2 Å². The number of nitrogens with zero attached hydrogens (tertiary/aromatic N) is 3. The Kier molecular flexibility index (Phi) is 5.07. The zero-order chi connectivity index (χ0) is 17.9. The van der Waals surface area contributed by atoms with Gasteiger partial charge in [-0.1, -0.05) is 17.3 Å². The van der Waals surface area contributed by atoms with E-state index in [0.29, 0.717) is 23.0 Å². The average Bonchev–Trinajstić information content (AvgIpc) is 2.93. The number of aliphatic hydroxyl groups is 1. The van der Waals surface area contributed by atoms with Crippen LogP contribution in [-0.2, 0) is 0 Å². The molecule has 0 saturated carbocycles. The topological polar surface area (TPSA) is 91.5 Å². The van der Waals surface area contributed by atoms with Crippen LogP contribution in [0.1, 0.15) is 5.89 Å². The Morgan fingerprint density at radius 1 is 1.46 bits per heavy atom. The third-order valence-electron chi connectivity index (χ3n) is 3.07. The van der Waals surface area contributed by atoms with Crippen molar-refractivity contribution in [3.05, 3.63) is 30.2 Å². The largest absolute Gasteiger partial charge is 0.416 e. The summed E-state index contributed by atoms with van der Waals surface area (Å²) in [7, 11) is 1.15. The first kappa shape index (κ1) is 17.7. The number of alkyl halides is 3. The van der Waals surface area contributed by atoms with Crippen LogP contribution >= 0.6 is 0 Å². The highest BCUT2D eigenvalue weighted by molar-refractivity contribution is 5.89. The van der Waals surface area contributed by atoms with Gasteiger partial charge in [-0.05, 0) is 12.1 Å². The molecule has 0 fully saturated rings. The smallest absolute Gasteiger partial charge is 0.382 e. The van der Waals surface area contributed by atoms with Crippen molar-refractivity contribution in [1.29, 1.82) is 0 Å². The number of benzene rings is 1. The summed E-state index contributed by atoms with van der Waals surface area (Å²) < 4.78 is 41.8. The van der Waals surface area contributed by atoms with E-state index in [2.05, 4.69) is 15.5 Å². The van der Waals surface area contributed by atoms with E-state index in [4.69, 9.17) is 9.63 Å². The van der Waals surface area contributed by atoms with Gasteiger partial charge in [0.2, 0.25) is 11.7 Å². The molecule has 2 rings (SSSR count). The van der Waals surface area contributed by atoms with Crippen molar-refractivity contribution >= 4 is 11.7 Å². The molecule has 0 spiro atoms. The zero-order valence-corrected chi connectivity index (χ0v) is 12.8. The number of aryl methyl sites for hydroxylation is 1. The molecule has 1 atom stereocenters. The van der Waals surface area contributed by atoms with Gasteiger partial charge >= 0.3 is 12.2 Å². The fourth-order valence-corrected chi connectivity index (χ4v) is 1.82. The average molecular weight is 344 g/mol. The molecule has 0 aliphatic carbocycles. The molecular weight excluding hydrogens is 329 g/mol. The van der Waals surface area contributed by atoms with Crippen molar-refractivity contribution in [3.63, 3.8) is 0 Å². The van der Waals surface area contributed by atoms with Crippen LogP contribution in [0.4, 0.5) is 23.7 Å². The monoisotopic (exact) mass is 344 g/mol. The lowest BCUT2D eigenvalue weighted by atomic mass is 10.2. The Balaban J connectivity index is 2.04. The summed E-state index contributed by atoms with van der Waals surface area (Å²) in [5, 5.41) is 15.2. The van der Waals surface area contributed by atoms with Crippen LogP contribution in [0.5, 0.6) is 0 Å². The quantitative estimate of drug-likeness (QED) is 0.889. The number of halogens is 3. The maximum absolute atomic E-state index is 12.3. The number of anilines is 1. The van der Waals surface area contributed by atoms with Crippen LogP contribution < -0.4 is 5.32 Å². The molecule has 2 amide bonds. The fraction of sp³-hybridized carbons (Fsp3) is 0.357. The van der Waals surface area contributed by atoms with Crippen molar-refractivity contribution in [2.45, 2.75) is 19.2 Å². The standard InChI is InChI=1S/C14H15F3N4O3/c1-8-18-12(20-24-8)9-4-3-5-10(6-9)19-13(23)21(2)7-11(22)14(15,16)17/h3-6,11,22H,7H2,1-2H3,(H,19,23). The van der Waals surface area contributed by atoms with Crippen molar-refractivity contribution in [2.24, 2.45) is 0 Å². The van der Waals surface area contributed by atoms with E-state index in [1.807, 2.05) is 0 Å². The van der Waals surface area contributed by atoms with Crippen LogP contribution in [0.3, 0.4) is 0 Å². The minimum atomic E-state index is -4.79. The Labute approximate surface area is 135 Å². The lowest BCUT2D eigenvalue weighted by Gasteiger charge is -2.22. The number of likely N-dealkylation sites (N-methyl/N-ethyl adjacent to an activating group) is 1. The van der Waals surface area contributed by atoms with Gasteiger partial charge in [-0.2, -0.15) is 18.2 Å². The van der Waals surface area contributed by atoms with Gasteiger partial charge in [0.15, 0.2) is 6.10 Å². The number of amides is 2. The second kappa shape index (κ2) is 6.87. The Morgan fingerprint density at radius 2 is 2.17 bits per heavy atom. The molecule has 0 aliphatic heterocycles. The molecule has 1 aromatic carbocycles. The predicted octanol–water partition coefficient (Wildman–Crippen LogP) is 2.43. The normalized spacial score (nSPS) is 12.8. The molecule has 24 heavy (non-hydrogen) atoms. The highest BCUT2D eigenvalue weighted by Crippen LogP contribution is 2.22. The number of carbonyl (C=O) groups is 1. The molecular formula is C14H15F3N4O3. The van der Waals surface area contributed by atoms with E-state index < -0.39 is 24.9 Å². The highest BCUT2D eigenvalue weighted by atomic mass is 19.4. The van der Waals surface area contributed by atoms with Crippen LogP contribution in [0.25, 0.3) is 11.4 Å². The number of aliphatic hydroxyl groups excluding tert-OH is 1. The molecule has 1 aromatic heterocycles. The molecule has 1 unspecified atom stereocenters. The van der Waals surface area contributed by atoms with E-state index in [-0.39, 0.29) is 0 Å². The number of hydrogen-bond donors (Lipinski definition) is 2. The lowest BCUT2D eigenvalue weighted by Crippen LogP contribution is -2.43. The van der Waals surface area contributed by atoms with Gasteiger partial charge in [0.25, 0.3) is 0 Å². The van der Waals surface area contributed by atoms with Crippen LogP contribution in [-0.4, -0.2) is 52.1 Å². The van der Waals surface area contributed by atoms with Gasteiger partial charge in [0.1, 0.15) is 0 Å². The maximum Gasteiger partial charge on any atom is 0.416 e. The third-order valence-corrected chi connectivity index (χ3v) is 3.07. The number of hydrogen-bond acceptors (Lipinski definition) is 5. The second-order valence-electron chi connectivity index (χ2n) is 5.09. The number of urea groups is 1. The number of rotatable bonds is 4. The summed E-state index contributed by atoms with van der Waals surface area (Å²) >= 11 is 0. The first-order chi connectivity index (χ1) is 11.2. The van der Waals surface area contributed by atoms with Gasteiger partial charge in [-0.15, -0.1) is 0 Å². The minimum Gasteiger partial charge on any atom is -0.382 e. The summed E-state index contributed by atoms with van der Waals surface area (Å²) in [5.74, 6) is 0.699. The first-order valence-electron chi connectivity index (χ1n) is 6.84. The minimum absolute atomic E-state index is 0.324. The highest BCUT2D eigenvalue weighted by Gasteiger charge is 2.39. The third kappa shape index (κ3) is 4.44. The van der Waals surface area contributed by atoms with Crippen molar-refractivity contribution in [3.8, 4) is 11.4 Å². The van der Waals surface area contributed by atoms with E-state index in [9.17, 15) is 18.0 Å². The van der Waals surface area contributed by atoms with E-state index >= 15 is 0 Å². The molecule has 0 radical (unpaired) electrons. The van der Waals surface area contributed by atoms with Crippen LogP contribution in [0, 0.1) is 6.92 Å². The molecule has 0 aliphatic rings. The Bertz CT molecular complexity index is 717. The molecule has 10 heteroatoms. The first-order valence-corrected chi connectivity index (χ1v) is 6.84. The van der Waals surface area contributed by atoms with Crippen LogP contribution in [0.2, 0.25) is 0 Å². The lowest BCUT2D eigenvalue weighted by molar-refractivity contribution is -0.205. The van der Waals surface area contributed by atoms with E-state index in [1.165, 1.54) is 0 Å². The summed E-state index contributed by atoms with van der Waals surface area (Å²) in [5.41, 5.74) is 0.913.